The highest BCUT2D eigenvalue weighted by molar-refractivity contribution is 7.10. The zero-order valence-corrected chi connectivity index (χ0v) is 12.8. The molecule has 1 saturated heterocycles. The van der Waals surface area contributed by atoms with E-state index in [0.29, 0.717) is 6.54 Å². The lowest BCUT2D eigenvalue weighted by atomic mass is 10.1. The number of thiophene rings is 1. The monoisotopic (exact) mass is 296 g/mol. The van der Waals surface area contributed by atoms with Gasteiger partial charge in [-0.15, -0.1) is 11.3 Å². The largest absolute Gasteiger partial charge is 0.469 e. The molecule has 0 saturated carbocycles. The van der Waals surface area contributed by atoms with Crippen molar-refractivity contribution in [2.45, 2.75) is 32.5 Å². The lowest BCUT2D eigenvalue weighted by molar-refractivity contribution is -0.141. The summed E-state index contributed by atoms with van der Waals surface area (Å²) in [4.78, 5) is 26.6. The van der Waals surface area contributed by atoms with Crippen LogP contribution < -0.4 is 5.32 Å². The van der Waals surface area contributed by atoms with Crippen molar-refractivity contribution in [2.24, 2.45) is 5.92 Å². The van der Waals surface area contributed by atoms with Gasteiger partial charge in [0.05, 0.1) is 19.6 Å². The molecule has 20 heavy (non-hydrogen) atoms. The summed E-state index contributed by atoms with van der Waals surface area (Å²) in [6, 6.07) is 3.77. The number of carbonyl (C=O) groups is 2. The van der Waals surface area contributed by atoms with Crippen LogP contribution >= 0.6 is 11.3 Å². The third-order valence-electron chi connectivity index (χ3n) is 3.46. The van der Waals surface area contributed by atoms with Crippen LogP contribution in [0.5, 0.6) is 0 Å². The maximum atomic E-state index is 12.5. The van der Waals surface area contributed by atoms with E-state index >= 15 is 0 Å². The lowest BCUT2D eigenvalue weighted by Gasteiger charge is -2.22. The molecule has 0 spiro atoms. The maximum absolute atomic E-state index is 12.5. The molecule has 1 amide bonds. The van der Waals surface area contributed by atoms with Crippen LogP contribution in [-0.4, -0.2) is 36.5 Å². The Hall–Kier alpha value is -1.40. The number of nitrogens with one attached hydrogen (secondary N) is 1. The normalized spacial score (nSPS) is 22.6. The van der Waals surface area contributed by atoms with Crippen LogP contribution in [0.1, 0.15) is 31.3 Å². The molecule has 0 bridgehead atoms. The number of hydrogen-bond donors (Lipinski definition) is 1. The van der Waals surface area contributed by atoms with Crippen LogP contribution in [0.4, 0.5) is 0 Å². The first-order valence-electron chi connectivity index (χ1n) is 6.71. The number of esters is 1. The van der Waals surface area contributed by atoms with E-state index in [1.807, 2.05) is 31.4 Å². The van der Waals surface area contributed by atoms with Crippen molar-refractivity contribution >= 4 is 23.2 Å². The topological polar surface area (TPSA) is 58.6 Å². The molecule has 2 rings (SSSR count). The Labute approximate surface area is 122 Å². The standard InChI is InChI=1S/C14H20N2O3S/c1-9(2)12-14(18)16(7-6-11(17)19-3)13(15-12)10-5-4-8-20-10/h4-5,8-9,12-13,15H,6-7H2,1-3H3. The van der Waals surface area contributed by atoms with Crippen molar-refractivity contribution in [1.29, 1.82) is 0 Å². The molecular weight excluding hydrogens is 276 g/mol. The molecule has 1 aliphatic rings. The van der Waals surface area contributed by atoms with Crippen LogP contribution in [0.3, 0.4) is 0 Å². The summed E-state index contributed by atoms with van der Waals surface area (Å²) in [6.07, 6.45) is 0.0796. The molecule has 5 nitrogen and oxygen atoms in total. The first kappa shape index (κ1) is 15.0. The third-order valence-corrected chi connectivity index (χ3v) is 4.39. The van der Waals surface area contributed by atoms with Crippen molar-refractivity contribution in [3.8, 4) is 0 Å². The summed E-state index contributed by atoms with van der Waals surface area (Å²) in [5.41, 5.74) is 0. The Balaban J connectivity index is 2.15. The molecule has 6 heteroatoms. The number of carbonyl (C=O) groups excluding carboxylic acids is 2. The molecular formula is C14H20N2O3S. The van der Waals surface area contributed by atoms with E-state index in [1.54, 1.807) is 16.2 Å². The molecule has 2 unspecified atom stereocenters. The van der Waals surface area contributed by atoms with Gasteiger partial charge in [-0.2, -0.15) is 0 Å². The number of methoxy groups -OCH3 is 1. The van der Waals surface area contributed by atoms with Crippen LogP contribution in [0, 0.1) is 5.92 Å². The van der Waals surface area contributed by atoms with Crippen molar-refractivity contribution in [2.75, 3.05) is 13.7 Å². The second-order valence-corrected chi connectivity index (χ2v) is 6.14. The van der Waals surface area contributed by atoms with E-state index in [9.17, 15) is 9.59 Å². The average molecular weight is 296 g/mol. The third kappa shape index (κ3) is 3.02. The van der Waals surface area contributed by atoms with Gasteiger partial charge < -0.3 is 9.64 Å². The van der Waals surface area contributed by atoms with Gasteiger partial charge in [0, 0.05) is 11.4 Å². The number of nitrogens with zero attached hydrogens (tertiary/aromatic N) is 1. The molecule has 1 fully saturated rings. The molecule has 0 radical (unpaired) electrons. The van der Waals surface area contributed by atoms with Crippen molar-refractivity contribution < 1.29 is 14.3 Å². The smallest absolute Gasteiger partial charge is 0.307 e. The van der Waals surface area contributed by atoms with Crippen molar-refractivity contribution in [3.63, 3.8) is 0 Å². The molecule has 2 atom stereocenters. The molecule has 0 aromatic carbocycles. The van der Waals surface area contributed by atoms with Gasteiger partial charge in [0.15, 0.2) is 0 Å². The fourth-order valence-electron chi connectivity index (χ4n) is 2.35. The van der Waals surface area contributed by atoms with Gasteiger partial charge in [-0.05, 0) is 17.4 Å². The molecule has 0 aliphatic carbocycles. The van der Waals surface area contributed by atoms with E-state index in [1.165, 1.54) is 7.11 Å². The number of amides is 1. The second kappa shape index (κ2) is 6.37. The Kier molecular flexibility index (Phi) is 4.77. The molecule has 2 heterocycles. The summed E-state index contributed by atoms with van der Waals surface area (Å²) in [5.74, 6) is -0.0221. The summed E-state index contributed by atoms with van der Waals surface area (Å²) >= 11 is 1.61. The van der Waals surface area contributed by atoms with Crippen LogP contribution in [0.15, 0.2) is 17.5 Å². The molecule has 1 aliphatic heterocycles. The quantitative estimate of drug-likeness (QED) is 0.841. The van der Waals surface area contributed by atoms with Crippen molar-refractivity contribution in [1.82, 2.24) is 10.2 Å². The number of rotatable bonds is 5. The van der Waals surface area contributed by atoms with Crippen LogP contribution in [0.2, 0.25) is 0 Å². The first-order chi connectivity index (χ1) is 9.54. The summed E-state index contributed by atoms with van der Waals surface area (Å²) < 4.78 is 4.65. The maximum Gasteiger partial charge on any atom is 0.307 e. The van der Waals surface area contributed by atoms with Gasteiger partial charge in [0.2, 0.25) is 5.91 Å². The van der Waals surface area contributed by atoms with E-state index in [4.69, 9.17) is 0 Å². The minimum absolute atomic E-state index is 0.0577. The first-order valence-corrected chi connectivity index (χ1v) is 7.59. The van der Waals surface area contributed by atoms with Gasteiger partial charge in [-0.25, -0.2) is 0 Å². The van der Waals surface area contributed by atoms with Crippen LogP contribution in [-0.2, 0) is 14.3 Å². The van der Waals surface area contributed by atoms with Gasteiger partial charge >= 0.3 is 5.97 Å². The Morgan fingerprint density at radius 1 is 1.55 bits per heavy atom. The van der Waals surface area contributed by atoms with E-state index < -0.39 is 0 Å². The highest BCUT2D eigenvalue weighted by Gasteiger charge is 2.41. The van der Waals surface area contributed by atoms with Crippen LogP contribution in [0.25, 0.3) is 0 Å². The highest BCUT2D eigenvalue weighted by atomic mass is 32.1. The fourth-order valence-corrected chi connectivity index (χ4v) is 3.15. The highest BCUT2D eigenvalue weighted by Crippen LogP contribution is 2.30. The zero-order valence-electron chi connectivity index (χ0n) is 12.0. The van der Waals surface area contributed by atoms with E-state index in [2.05, 4.69) is 10.1 Å². The predicted octanol–water partition coefficient (Wildman–Crippen LogP) is 1.77. The van der Waals surface area contributed by atoms with Crippen molar-refractivity contribution in [3.05, 3.63) is 22.4 Å². The average Bonchev–Trinajstić information content (AvgIpc) is 3.03. The predicted molar refractivity (Wildman–Crippen MR) is 77.2 cm³/mol. The van der Waals surface area contributed by atoms with Gasteiger partial charge in [0.25, 0.3) is 0 Å². The lowest BCUT2D eigenvalue weighted by Crippen LogP contribution is -2.35. The summed E-state index contributed by atoms with van der Waals surface area (Å²) in [7, 11) is 1.36. The van der Waals surface area contributed by atoms with E-state index in [0.717, 1.165) is 4.88 Å². The fraction of sp³-hybridized carbons (Fsp3) is 0.571. The molecule has 1 N–H and O–H groups in total. The summed E-state index contributed by atoms with van der Waals surface area (Å²) in [6.45, 7) is 4.42. The molecule has 1 aromatic rings. The number of ether oxygens (including phenoxy) is 1. The minimum Gasteiger partial charge on any atom is -0.469 e. The van der Waals surface area contributed by atoms with Gasteiger partial charge in [-0.3, -0.25) is 14.9 Å². The summed E-state index contributed by atoms with van der Waals surface area (Å²) in [5, 5.41) is 5.36. The van der Waals surface area contributed by atoms with Gasteiger partial charge in [0.1, 0.15) is 6.17 Å². The van der Waals surface area contributed by atoms with E-state index in [-0.39, 0.29) is 36.4 Å². The molecule has 110 valence electrons. The number of hydrogen-bond acceptors (Lipinski definition) is 5. The minimum atomic E-state index is -0.296. The Bertz CT molecular complexity index is 473. The second-order valence-electron chi connectivity index (χ2n) is 5.16. The van der Waals surface area contributed by atoms with Gasteiger partial charge in [-0.1, -0.05) is 19.9 Å². The Morgan fingerprint density at radius 2 is 2.30 bits per heavy atom. The zero-order chi connectivity index (χ0) is 14.7. The molecule has 1 aromatic heterocycles. The SMILES string of the molecule is COC(=O)CCN1C(=O)C(C(C)C)NC1c1cccs1. The Morgan fingerprint density at radius 3 is 2.85 bits per heavy atom.